The van der Waals surface area contributed by atoms with Gasteiger partial charge in [-0.25, -0.2) is 4.98 Å². The number of alkyl halides is 3. The minimum atomic E-state index is -4.38. The normalized spacial score (nSPS) is 11.7. The van der Waals surface area contributed by atoms with Gasteiger partial charge in [-0.3, -0.25) is 0 Å². The van der Waals surface area contributed by atoms with Crippen molar-refractivity contribution in [3.8, 4) is 0 Å². The first-order valence-electron chi connectivity index (χ1n) is 7.22. The SMILES string of the molecule is Cc1cnc(NC(C)C)nc1Nc1cccc(C(F)(F)F)c1C. The molecule has 0 spiro atoms. The number of nitrogens with zero attached hydrogens (tertiary/aromatic N) is 2. The van der Waals surface area contributed by atoms with Gasteiger partial charge in [-0.1, -0.05) is 6.07 Å². The maximum atomic E-state index is 13.0. The summed E-state index contributed by atoms with van der Waals surface area (Å²) < 4.78 is 39.0. The van der Waals surface area contributed by atoms with Crippen LogP contribution in [0.25, 0.3) is 0 Å². The molecule has 124 valence electrons. The molecule has 0 amide bonds. The van der Waals surface area contributed by atoms with Crippen LogP contribution >= 0.6 is 0 Å². The number of hydrogen-bond donors (Lipinski definition) is 2. The Bertz CT molecular complexity index is 696. The summed E-state index contributed by atoms with van der Waals surface area (Å²) in [6.45, 7) is 7.14. The number of hydrogen-bond acceptors (Lipinski definition) is 4. The van der Waals surface area contributed by atoms with Gasteiger partial charge < -0.3 is 10.6 Å². The van der Waals surface area contributed by atoms with E-state index >= 15 is 0 Å². The molecule has 0 unspecified atom stereocenters. The largest absolute Gasteiger partial charge is 0.416 e. The van der Waals surface area contributed by atoms with Crippen molar-refractivity contribution >= 4 is 17.5 Å². The van der Waals surface area contributed by atoms with Crippen LogP contribution in [0, 0.1) is 13.8 Å². The fourth-order valence-electron chi connectivity index (χ4n) is 2.10. The van der Waals surface area contributed by atoms with Crippen LogP contribution in [0.1, 0.15) is 30.5 Å². The maximum Gasteiger partial charge on any atom is 0.416 e. The second kappa shape index (κ2) is 6.44. The Balaban J connectivity index is 2.36. The van der Waals surface area contributed by atoms with Crippen molar-refractivity contribution in [2.75, 3.05) is 10.6 Å². The Morgan fingerprint density at radius 2 is 1.83 bits per heavy atom. The minimum Gasteiger partial charge on any atom is -0.352 e. The first-order chi connectivity index (χ1) is 10.7. The van der Waals surface area contributed by atoms with Crippen LogP contribution in [-0.4, -0.2) is 16.0 Å². The minimum absolute atomic E-state index is 0.136. The van der Waals surface area contributed by atoms with Gasteiger partial charge >= 0.3 is 6.18 Å². The summed E-state index contributed by atoms with van der Waals surface area (Å²) in [7, 11) is 0. The zero-order valence-electron chi connectivity index (χ0n) is 13.4. The molecule has 23 heavy (non-hydrogen) atoms. The van der Waals surface area contributed by atoms with E-state index in [4.69, 9.17) is 0 Å². The van der Waals surface area contributed by atoms with Gasteiger partial charge in [0.15, 0.2) is 0 Å². The highest BCUT2D eigenvalue weighted by atomic mass is 19.4. The average molecular weight is 324 g/mol. The molecule has 1 aromatic carbocycles. The van der Waals surface area contributed by atoms with Gasteiger partial charge in [0.25, 0.3) is 0 Å². The lowest BCUT2D eigenvalue weighted by Gasteiger charge is -2.16. The average Bonchev–Trinajstić information content (AvgIpc) is 2.43. The van der Waals surface area contributed by atoms with E-state index in [9.17, 15) is 13.2 Å². The first-order valence-corrected chi connectivity index (χ1v) is 7.22. The summed E-state index contributed by atoms with van der Waals surface area (Å²) in [6, 6.07) is 4.20. The highest BCUT2D eigenvalue weighted by Crippen LogP contribution is 2.35. The Labute approximate surface area is 133 Å². The number of anilines is 3. The number of rotatable bonds is 4. The van der Waals surface area contributed by atoms with E-state index in [1.807, 2.05) is 13.8 Å². The van der Waals surface area contributed by atoms with Crippen molar-refractivity contribution in [2.24, 2.45) is 0 Å². The molecular weight excluding hydrogens is 305 g/mol. The van der Waals surface area contributed by atoms with Gasteiger partial charge in [0.2, 0.25) is 5.95 Å². The molecule has 0 aliphatic rings. The maximum absolute atomic E-state index is 13.0. The molecule has 1 heterocycles. The van der Waals surface area contributed by atoms with Crippen LogP contribution < -0.4 is 10.6 Å². The molecule has 4 nitrogen and oxygen atoms in total. The molecule has 0 bridgehead atoms. The molecule has 0 aliphatic carbocycles. The Hall–Kier alpha value is -2.31. The van der Waals surface area contributed by atoms with Crippen molar-refractivity contribution in [1.82, 2.24) is 9.97 Å². The third kappa shape index (κ3) is 4.12. The predicted molar refractivity (Wildman–Crippen MR) is 85.0 cm³/mol. The van der Waals surface area contributed by atoms with Crippen molar-refractivity contribution < 1.29 is 13.2 Å². The van der Waals surface area contributed by atoms with Gasteiger partial charge in [0.05, 0.1) is 5.56 Å². The molecule has 1 aromatic heterocycles. The highest BCUT2D eigenvalue weighted by Gasteiger charge is 2.32. The Morgan fingerprint density at radius 3 is 2.43 bits per heavy atom. The van der Waals surface area contributed by atoms with E-state index in [2.05, 4.69) is 20.6 Å². The summed E-state index contributed by atoms with van der Waals surface area (Å²) >= 11 is 0. The van der Waals surface area contributed by atoms with Crippen LogP contribution in [-0.2, 0) is 6.18 Å². The molecule has 0 atom stereocenters. The molecule has 2 N–H and O–H groups in total. The van der Waals surface area contributed by atoms with Gasteiger partial charge in [-0.05, 0) is 45.4 Å². The second-order valence-electron chi connectivity index (χ2n) is 5.63. The summed E-state index contributed by atoms with van der Waals surface area (Å²) in [5, 5.41) is 6.04. The fourth-order valence-corrected chi connectivity index (χ4v) is 2.10. The van der Waals surface area contributed by atoms with Gasteiger partial charge in [0, 0.05) is 23.5 Å². The highest BCUT2D eigenvalue weighted by molar-refractivity contribution is 5.65. The molecule has 0 fully saturated rings. The topological polar surface area (TPSA) is 49.8 Å². The van der Waals surface area contributed by atoms with Gasteiger partial charge in [0.1, 0.15) is 5.82 Å². The monoisotopic (exact) mass is 324 g/mol. The number of benzene rings is 1. The molecule has 0 aliphatic heterocycles. The van der Waals surface area contributed by atoms with E-state index in [0.29, 0.717) is 17.5 Å². The van der Waals surface area contributed by atoms with Gasteiger partial charge in [-0.2, -0.15) is 18.2 Å². The number of nitrogens with one attached hydrogen (secondary N) is 2. The van der Waals surface area contributed by atoms with Crippen molar-refractivity contribution in [3.63, 3.8) is 0 Å². The third-order valence-electron chi connectivity index (χ3n) is 3.28. The lowest BCUT2D eigenvalue weighted by atomic mass is 10.1. The van der Waals surface area contributed by atoms with Crippen LogP contribution in [0.3, 0.4) is 0 Å². The Morgan fingerprint density at radius 1 is 1.13 bits per heavy atom. The van der Waals surface area contributed by atoms with E-state index in [1.165, 1.54) is 13.0 Å². The van der Waals surface area contributed by atoms with E-state index in [1.54, 1.807) is 19.2 Å². The van der Waals surface area contributed by atoms with Crippen molar-refractivity contribution in [1.29, 1.82) is 0 Å². The molecule has 7 heteroatoms. The van der Waals surface area contributed by atoms with Gasteiger partial charge in [-0.15, -0.1) is 0 Å². The number of aryl methyl sites for hydroxylation is 1. The van der Waals surface area contributed by atoms with Crippen molar-refractivity contribution in [2.45, 2.75) is 39.9 Å². The van der Waals surface area contributed by atoms with E-state index in [-0.39, 0.29) is 11.6 Å². The lowest BCUT2D eigenvalue weighted by molar-refractivity contribution is -0.138. The standard InChI is InChI=1S/C16H19F3N4/c1-9(2)21-15-20-8-10(3)14(23-15)22-13-7-5-6-12(11(13)4)16(17,18)19/h5-9H,1-4H3,(H2,20,21,22,23). The number of halogens is 3. The quantitative estimate of drug-likeness (QED) is 0.857. The number of aromatic nitrogens is 2. The summed E-state index contributed by atoms with van der Waals surface area (Å²) in [5.74, 6) is 0.906. The van der Waals surface area contributed by atoms with E-state index < -0.39 is 11.7 Å². The summed E-state index contributed by atoms with van der Waals surface area (Å²) in [4.78, 5) is 8.48. The molecular formula is C16H19F3N4. The smallest absolute Gasteiger partial charge is 0.352 e. The van der Waals surface area contributed by atoms with Crippen LogP contribution in [0.4, 0.5) is 30.6 Å². The summed E-state index contributed by atoms with van der Waals surface area (Å²) in [5.41, 5.74) is 0.597. The second-order valence-corrected chi connectivity index (χ2v) is 5.63. The molecule has 0 saturated carbocycles. The van der Waals surface area contributed by atoms with Crippen LogP contribution in [0.2, 0.25) is 0 Å². The third-order valence-corrected chi connectivity index (χ3v) is 3.28. The molecule has 0 saturated heterocycles. The first kappa shape index (κ1) is 17.1. The van der Waals surface area contributed by atoms with Crippen molar-refractivity contribution in [3.05, 3.63) is 41.1 Å². The molecule has 0 radical (unpaired) electrons. The van der Waals surface area contributed by atoms with Crippen LogP contribution in [0.5, 0.6) is 0 Å². The predicted octanol–water partition coefficient (Wildman–Crippen LogP) is 4.68. The van der Waals surface area contributed by atoms with Crippen LogP contribution in [0.15, 0.2) is 24.4 Å². The zero-order chi connectivity index (χ0) is 17.2. The molecule has 2 aromatic rings. The Kier molecular flexibility index (Phi) is 4.77. The molecule has 2 rings (SSSR count). The lowest BCUT2D eigenvalue weighted by Crippen LogP contribution is -2.14. The van der Waals surface area contributed by atoms with E-state index in [0.717, 1.165) is 11.6 Å². The zero-order valence-corrected chi connectivity index (χ0v) is 13.4. The summed E-state index contributed by atoms with van der Waals surface area (Å²) in [6.07, 6.45) is -2.75. The fraction of sp³-hybridized carbons (Fsp3) is 0.375.